The molecule has 0 radical (unpaired) electrons. The minimum atomic E-state index is -0.410. The SMILES string of the molecule is CC(C)c1ccc(C(C)Nc2cccc(C(N)=O)c2)cc1. The maximum Gasteiger partial charge on any atom is 0.248 e. The van der Waals surface area contributed by atoms with E-state index in [1.165, 1.54) is 11.1 Å². The molecule has 21 heavy (non-hydrogen) atoms. The summed E-state index contributed by atoms with van der Waals surface area (Å²) in [6.07, 6.45) is 0. The molecule has 3 nitrogen and oxygen atoms in total. The first-order chi connectivity index (χ1) is 9.97. The fourth-order valence-electron chi connectivity index (χ4n) is 2.27. The second kappa shape index (κ2) is 6.44. The van der Waals surface area contributed by atoms with Crippen LogP contribution in [0, 0.1) is 0 Å². The number of amides is 1. The van der Waals surface area contributed by atoms with Gasteiger partial charge in [-0.1, -0.05) is 44.2 Å². The minimum Gasteiger partial charge on any atom is -0.379 e. The van der Waals surface area contributed by atoms with E-state index in [1.54, 1.807) is 12.1 Å². The van der Waals surface area contributed by atoms with Crippen molar-refractivity contribution in [3.05, 3.63) is 65.2 Å². The summed E-state index contributed by atoms with van der Waals surface area (Å²) >= 11 is 0. The molecular weight excluding hydrogens is 260 g/mol. The maximum absolute atomic E-state index is 11.2. The van der Waals surface area contributed by atoms with Crippen LogP contribution in [-0.4, -0.2) is 5.91 Å². The van der Waals surface area contributed by atoms with Crippen LogP contribution in [0.15, 0.2) is 48.5 Å². The molecule has 0 aliphatic heterocycles. The summed E-state index contributed by atoms with van der Waals surface area (Å²) in [7, 11) is 0. The molecule has 1 unspecified atom stereocenters. The largest absolute Gasteiger partial charge is 0.379 e. The fraction of sp³-hybridized carbons (Fsp3) is 0.278. The van der Waals surface area contributed by atoms with E-state index in [-0.39, 0.29) is 6.04 Å². The van der Waals surface area contributed by atoms with Gasteiger partial charge in [0.2, 0.25) is 5.91 Å². The Hall–Kier alpha value is -2.29. The number of carbonyl (C=O) groups is 1. The van der Waals surface area contributed by atoms with Gasteiger partial charge >= 0.3 is 0 Å². The van der Waals surface area contributed by atoms with Crippen LogP contribution in [0.5, 0.6) is 0 Å². The highest BCUT2D eigenvalue weighted by molar-refractivity contribution is 5.93. The van der Waals surface area contributed by atoms with Crippen molar-refractivity contribution in [3.8, 4) is 0 Å². The van der Waals surface area contributed by atoms with Gasteiger partial charge < -0.3 is 11.1 Å². The molecule has 0 heterocycles. The van der Waals surface area contributed by atoms with E-state index < -0.39 is 5.91 Å². The van der Waals surface area contributed by atoms with E-state index in [0.717, 1.165) is 5.69 Å². The van der Waals surface area contributed by atoms with Gasteiger partial charge in [0, 0.05) is 17.3 Å². The molecule has 0 fully saturated rings. The molecule has 1 atom stereocenters. The summed E-state index contributed by atoms with van der Waals surface area (Å²) in [6.45, 7) is 6.47. The fourth-order valence-corrected chi connectivity index (χ4v) is 2.27. The lowest BCUT2D eigenvalue weighted by molar-refractivity contribution is 0.100. The monoisotopic (exact) mass is 282 g/mol. The first-order valence-corrected chi connectivity index (χ1v) is 7.23. The first-order valence-electron chi connectivity index (χ1n) is 7.23. The highest BCUT2D eigenvalue weighted by Crippen LogP contribution is 2.22. The van der Waals surface area contributed by atoms with E-state index in [1.807, 2.05) is 12.1 Å². The third-order valence-electron chi connectivity index (χ3n) is 3.63. The van der Waals surface area contributed by atoms with Crippen molar-refractivity contribution in [1.29, 1.82) is 0 Å². The van der Waals surface area contributed by atoms with E-state index >= 15 is 0 Å². The van der Waals surface area contributed by atoms with Gasteiger partial charge in [0.25, 0.3) is 0 Å². The summed E-state index contributed by atoms with van der Waals surface area (Å²) in [5.74, 6) is 0.127. The van der Waals surface area contributed by atoms with Crippen molar-refractivity contribution in [1.82, 2.24) is 0 Å². The van der Waals surface area contributed by atoms with Crippen LogP contribution in [0.2, 0.25) is 0 Å². The summed E-state index contributed by atoms with van der Waals surface area (Å²) in [6, 6.07) is 16.0. The van der Waals surface area contributed by atoms with Gasteiger partial charge in [0.1, 0.15) is 0 Å². The topological polar surface area (TPSA) is 55.1 Å². The Morgan fingerprint density at radius 2 is 1.62 bits per heavy atom. The molecule has 2 rings (SSSR count). The Morgan fingerprint density at radius 3 is 2.19 bits per heavy atom. The molecule has 0 saturated heterocycles. The van der Waals surface area contributed by atoms with Crippen LogP contribution >= 0.6 is 0 Å². The number of nitrogens with one attached hydrogen (secondary N) is 1. The molecule has 2 aromatic rings. The smallest absolute Gasteiger partial charge is 0.248 e. The molecule has 0 aliphatic carbocycles. The van der Waals surface area contributed by atoms with Crippen molar-refractivity contribution in [2.75, 3.05) is 5.32 Å². The van der Waals surface area contributed by atoms with E-state index in [4.69, 9.17) is 5.73 Å². The Kier molecular flexibility index (Phi) is 4.63. The predicted octanol–water partition coefficient (Wildman–Crippen LogP) is 4.08. The zero-order valence-corrected chi connectivity index (χ0v) is 12.8. The van der Waals surface area contributed by atoms with E-state index in [2.05, 4.69) is 50.4 Å². The molecule has 0 saturated carbocycles. The second-order valence-electron chi connectivity index (χ2n) is 5.63. The highest BCUT2D eigenvalue weighted by atomic mass is 16.1. The van der Waals surface area contributed by atoms with Crippen LogP contribution in [-0.2, 0) is 0 Å². The van der Waals surface area contributed by atoms with Gasteiger partial charge in [-0.15, -0.1) is 0 Å². The third-order valence-corrected chi connectivity index (χ3v) is 3.63. The van der Waals surface area contributed by atoms with Crippen molar-refractivity contribution in [2.24, 2.45) is 5.73 Å². The molecular formula is C18H22N2O. The van der Waals surface area contributed by atoms with Crippen LogP contribution in [0.25, 0.3) is 0 Å². The van der Waals surface area contributed by atoms with Gasteiger partial charge in [0.05, 0.1) is 0 Å². The second-order valence-corrected chi connectivity index (χ2v) is 5.63. The lowest BCUT2D eigenvalue weighted by atomic mass is 9.99. The number of anilines is 1. The molecule has 0 aliphatic rings. The lowest BCUT2D eigenvalue weighted by Gasteiger charge is -2.17. The van der Waals surface area contributed by atoms with Gasteiger partial charge in [0.15, 0.2) is 0 Å². The van der Waals surface area contributed by atoms with E-state index in [0.29, 0.717) is 11.5 Å². The van der Waals surface area contributed by atoms with E-state index in [9.17, 15) is 4.79 Å². The normalized spacial score (nSPS) is 12.2. The number of nitrogens with two attached hydrogens (primary N) is 1. The van der Waals surface area contributed by atoms with Crippen LogP contribution in [0.1, 0.15) is 54.2 Å². The Morgan fingerprint density at radius 1 is 1.00 bits per heavy atom. The van der Waals surface area contributed by atoms with Crippen molar-refractivity contribution < 1.29 is 4.79 Å². The lowest BCUT2D eigenvalue weighted by Crippen LogP contribution is -2.12. The van der Waals surface area contributed by atoms with Crippen molar-refractivity contribution in [2.45, 2.75) is 32.7 Å². The highest BCUT2D eigenvalue weighted by Gasteiger charge is 2.08. The average molecular weight is 282 g/mol. The quantitative estimate of drug-likeness (QED) is 0.868. The number of rotatable bonds is 5. The maximum atomic E-state index is 11.2. The van der Waals surface area contributed by atoms with Crippen LogP contribution in [0.3, 0.4) is 0 Å². The summed E-state index contributed by atoms with van der Waals surface area (Å²) in [5, 5.41) is 3.39. The molecule has 0 bridgehead atoms. The van der Waals surface area contributed by atoms with Gasteiger partial charge in [-0.2, -0.15) is 0 Å². The number of hydrogen-bond donors (Lipinski definition) is 2. The molecule has 110 valence electrons. The Balaban J connectivity index is 2.12. The van der Waals surface area contributed by atoms with Gasteiger partial charge in [-0.05, 0) is 42.2 Å². The minimum absolute atomic E-state index is 0.161. The third kappa shape index (κ3) is 3.85. The molecule has 3 N–H and O–H groups in total. The van der Waals surface area contributed by atoms with Crippen LogP contribution in [0.4, 0.5) is 5.69 Å². The molecule has 0 spiro atoms. The zero-order valence-electron chi connectivity index (χ0n) is 12.8. The number of benzene rings is 2. The number of hydrogen-bond acceptors (Lipinski definition) is 2. The molecule has 2 aromatic carbocycles. The van der Waals surface area contributed by atoms with Gasteiger partial charge in [-0.3, -0.25) is 4.79 Å². The first kappa shape index (κ1) is 15.1. The summed E-state index contributed by atoms with van der Waals surface area (Å²) < 4.78 is 0. The summed E-state index contributed by atoms with van der Waals surface area (Å²) in [4.78, 5) is 11.2. The standard InChI is InChI=1S/C18H22N2O/c1-12(2)14-7-9-15(10-8-14)13(3)20-17-6-4-5-16(11-17)18(19)21/h4-13,20H,1-3H3,(H2,19,21). The molecule has 0 aromatic heterocycles. The van der Waals surface area contributed by atoms with Crippen LogP contribution < -0.4 is 11.1 Å². The van der Waals surface area contributed by atoms with Gasteiger partial charge in [-0.25, -0.2) is 0 Å². The average Bonchev–Trinajstić information content (AvgIpc) is 2.47. The Bertz CT molecular complexity index is 617. The zero-order chi connectivity index (χ0) is 15.4. The predicted molar refractivity (Wildman–Crippen MR) is 87.5 cm³/mol. The Labute approximate surface area is 126 Å². The number of carbonyl (C=O) groups excluding carboxylic acids is 1. The summed E-state index contributed by atoms with van der Waals surface area (Å²) in [5.41, 5.74) is 9.26. The van der Waals surface area contributed by atoms with Crippen molar-refractivity contribution in [3.63, 3.8) is 0 Å². The number of primary amides is 1. The van der Waals surface area contributed by atoms with Crippen molar-refractivity contribution >= 4 is 11.6 Å². The molecule has 3 heteroatoms. The molecule has 1 amide bonds.